The summed E-state index contributed by atoms with van der Waals surface area (Å²) in [5, 5.41) is 0. The van der Waals surface area contributed by atoms with E-state index in [1.165, 1.54) is 225 Å². The Morgan fingerprint density at radius 1 is 0.269 bits per heavy atom. The second kappa shape index (κ2) is 66.6. The van der Waals surface area contributed by atoms with Gasteiger partial charge in [-0.15, -0.1) is 0 Å². The summed E-state index contributed by atoms with van der Waals surface area (Å²) >= 11 is 0. The minimum absolute atomic E-state index is 0.0832. The second-order valence-corrected chi connectivity index (χ2v) is 23.1. The Labute approximate surface area is 485 Å². The van der Waals surface area contributed by atoms with Crippen molar-refractivity contribution in [1.82, 2.24) is 0 Å². The van der Waals surface area contributed by atoms with Crippen LogP contribution in [-0.4, -0.2) is 37.2 Å². The summed E-state index contributed by atoms with van der Waals surface area (Å²) in [4.78, 5) is 38.3. The van der Waals surface area contributed by atoms with Gasteiger partial charge in [0.1, 0.15) is 13.2 Å². The van der Waals surface area contributed by atoms with E-state index >= 15 is 0 Å². The molecule has 0 aromatic rings. The fourth-order valence-electron chi connectivity index (χ4n) is 10.2. The van der Waals surface area contributed by atoms with E-state index in [-0.39, 0.29) is 31.1 Å². The lowest BCUT2D eigenvalue weighted by molar-refractivity contribution is -0.167. The maximum atomic E-state index is 12.9. The molecule has 454 valence electrons. The molecular weight excluding hydrogens is 961 g/mol. The van der Waals surface area contributed by atoms with E-state index in [2.05, 4.69) is 81.5 Å². The summed E-state index contributed by atoms with van der Waals surface area (Å²) in [7, 11) is 0. The highest BCUT2D eigenvalue weighted by Gasteiger charge is 2.19. The third-order valence-electron chi connectivity index (χ3n) is 15.3. The number of esters is 3. The van der Waals surface area contributed by atoms with Crippen LogP contribution in [0.4, 0.5) is 0 Å². The first-order valence-corrected chi connectivity index (χ1v) is 34.3. The smallest absolute Gasteiger partial charge is 0.306 e. The summed E-state index contributed by atoms with van der Waals surface area (Å²) < 4.78 is 16.9. The Bertz CT molecular complexity index is 1390. The zero-order chi connectivity index (χ0) is 56.4. The van der Waals surface area contributed by atoms with Gasteiger partial charge in [0.25, 0.3) is 0 Å². The van der Waals surface area contributed by atoms with Crippen LogP contribution in [0.1, 0.15) is 361 Å². The first kappa shape index (κ1) is 75.1. The van der Waals surface area contributed by atoms with E-state index < -0.39 is 6.10 Å². The molecule has 1 unspecified atom stereocenters. The number of hydrogen-bond acceptors (Lipinski definition) is 6. The third kappa shape index (κ3) is 63.9. The lowest BCUT2D eigenvalue weighted by atomic mass is 10.0. The van der Waals surface area contributed by atoms with Gasteiger partial charge in [0.05, 0.1) is 0 Å². The second-order valence-electron chi connectivity index (χ2n) is 23.1. The van der Waals surface area contributed by atoms with Crippen LogP contribution >= 0.6 is 0 Å². The van der Waals surface area contributed by atoms with E-state index in [0.717, 1.165) is 96.3 Å². The first-order valence-electron chi connectivity index (χ1n) is 34.3. The van der Waals surface area contributed by atoms with Gasteiger partial charge < -0.3 is 14.2 Å². The van der Waals surface area contributed by atoms with Gasteiger partial charge in [0.2, 0.25) is 0 Å². The molecule has 0 saturated heterocycles. The number of allylic oxidation sites excluding steroid dienone is 10. The van der Waals surface area contributed by atoms with Crippen molar-refractivity contribution in [3.05, 3.63) is 60.8 Å². The molecule has 0 rings (SSSR count). The molecule has 0 saturated carbocycles. The van der Waals surface area contributed by atoms with E-state index in [0.29, 0.717) is 19.3 Å². The summed E-state index contributed by atoms with van der Waals surface area (Å²) in [5.74, 6) is -0.895. The number of carbonyl (C=O) groups excluding carboxylic acids is 3. The molecule has 0 fully saturated rings. The first-order chi connectivity index (χ1) is 38.5. The highest BCUT2D eigenvalue weighted by molar-refractivity contribution is 5.71. The van der Waals surface area contributed by atoms with Crippen molar-refractivity contribution < 1.29 is 28.6 Å². The molecule has 0 spiro atoms. The SMILES string of the molecule is CC/C=C\C/C=C\C/C=C\C/C=C\C/C=C\CCCCCC(=O)OC(COC(=O)CCCCCCCCCCCCCC)COC(=O)CCCCCCCCCCCCCCCCCCCCCCCCCCCCCCC. The zero-order valence-electron chi connectivity index (χ0n) is 52.2. The van der Waals surface area contributed by atoms with Gasteiger partial charge in [0, 0.05) is 19.3 Å². The van der Waals surface area contributed by atoms with Gasteiger partial charge in [0.15, 0.2) is 6.10 Å². The molecule has 6 heteroatoms. The van der Waals surface area contributed by atoms with Gasteiger partial charge in [-0.3, -0.25) is 14.4 Å². The van der Waals surface area contributed by atoms with E-state index in [9.17, 15) is 14.4 Å². The van der Waals surface area contributed by atoms with Crippen LogP contribution in [0.5, 0.6) is 0 Å². The standard InChI is InChI=1S/C72H130O6/c1-4-7-10-13-16-19-22-25-27-29-31-32-33-34-35-36-37-38-39-40-42-43-45-47-50-53-56-59-62-65-71(74)77-68-69(67-76-70(73)64-61-58-55-52-49-24-21-18-15-12-9-6-3)78-72(75)66-63-60-57-54-51-48-46-44-41-30-28-26-23-20-17-14-11-8-5-2/h8,11,17,20,26,28,41,44,48,51,69H,4-7,9-10,12-16,18-19,21-25,27,29-40,42-43,45-47,49-50,52-68H2,1-3H3/b11-8-,20-17-,28-26-,44-41-,51-48-. The molecule has 78 heavy (non-hydrogen) atoms. The summed E-state index contributed by atoms with van der Waals surface area (Å²) in [5.41, 5.74) is 0. The number of ether oxygens (including phenoxy) is 3. The average Bonchev–Trinajstić information content (AvgIpc) is 3.44. The highest BCUT2D eigenvalue weighted by Crippen LogP contribution is 2.18. The van der Waals surface area contributed by atoms with Crippen molar-refractivity contribution in [2.45, 2.75) is 367 Å². The molecule has 0 N–H and O–H groups in total. The topological polar surface area (TPSA) is 78.9 Å². The van der Waals surface area contributed by atoms with Gasteiger partial charge in [-0.2, -0.15) is 0 Å². The lowest BCUT2D eigenvalue weighted by Crippen LogP contribution is -2.30. The Hall–Kier alpha value is -2.89. The summed E-state index contributed by atoms with van der Waals surface area (Å²) in [6.45, 7) is 6.55. The number of carbonyl (C=O) groups is 3. The van der Waals surface area contributed by atoms with Crippen molar-refractivity contribution in [1.29, 1.82) is 0 Å². The van der Waals surface area contributed by atoms with Crippen LogP contribution in [0.2, 0.25) is 0 Å². The highest BCUT2D eigenvalue weighted by atomic mass is 16.6. The minimum atomic E-state index is -0.790. The van der Waals surface area contributed by atoms with Crippen LogP contribution in [0.3, 0.4) is 0 Å². The van der Waals surface area contributed by atoms with E-state index in [1.807, 2.05) is 0 Å². The molecule has 0 aliphatic heterocycles. The predicted molar refractivity (Wildman–Crippen MR) is 339 cm³/mol. The van der Waals surface area contributed by atoms with Crippen molar-refractivity contribution in [2.24, 2.45) is 0 Å². The Kier molecular flexibility index (Phi) is 64.2. The molecule has 0 aliphatic rings. The van der Waals surface area contributed by atoms with Crippen LogP contribution < -0.4 is 0 Å². The molecule has 0 amide bonds. The third-order valence-corrected chi connectivity index (χ3v) is 15.3. The molecular formula is C72H130O6. The predicted octanol–water partition coefficient (Wildman–Crippen LogP) is 23.5. The Morgan fingerprint density at radius 2 is 0.500 bits per heavy atom. The summed E-state index contributed by atoms with van der Waals surface area (Å²) in [6, 6.07) is 0. The molecule has 1 atom stereocenters. The molecule has 0 heterocycles. The number of rotatable bonds is 63. The maximum Gasteiger partial charge on any atom is 0.306 e. The largest absolute Gasteiger partial charge is 0.462 e. The van der Waals surface area contributed by atoms with Crippen molar-refractivity contribution >= 4 is 17.9 Å². The molecule has 0 aliphatic carbocycles. The van der Waals surface area contributed by atoms with Crippen molar-refractivity contribution in [3.8, 4) is 0 Å². The fourth-order valence-corrected chi connectivity index (χ4v) is 10.2. The van der Waals surface area contributed by atoms with Crippen LogP contribution in [0.25, 0.3) is 0 Å². The van der Waals surface area contributed by atoms with Crippen LogP contribution in [0.15, 0.2) is 60.8 Å². The van der Waals surface area contributed by atoms with Crippen molar-refractivity contribution in [3.63, 3.8) is 0 Å². The molecule has 6 nitrogen and oxygen atoms in total. The van der Waals surface area contributed by atoms with Crippen LogP contribution in [0, 0.1) is 0 Å². The van der Waals surface area contributed by atoms with Gasteiger partial charge in [-0.1, -0.05) is 338 Å². The van der Waals surface area contributed by atoms with Gasteiger partial charge in [-0.05, 0) is 64.2 Å². The summed E-state index contributed by atoms with van der Waals surface area (Å²) in [6.07, 6.45) is 85.4. The average molecular weight is 1090 g/mol. The van der Waals surface area contributed by atoms with E-state index in [4.69, 9.17) is 14.2 Å². The lowest BCUT2D eigenvalue weighted by Gasteiger charge is -2.18. The molecule has 0 aromatic carbocycles. The maximum absolute atomic E-state index is 12.9. The zero-order valence-corrected chi connectivity index (χ0v) is 52.2. The number of hydrogen-bond donors (Lipinski definition) is 0. The molecule has 0 radical (unpaired) electrons. The Morgan fingerprint density at radius 3 is 0.782 bits per heavy atom. The fraction of sp³-hybridized carbons (Fsp3) is 0.819. The minimum Gasteiger partial charge on any atom is -0.462 e. The normalized spacial score (nSPS) is 12.4. The Balaban J connectivity index is 4.21. The van der Waals surface area contributed by atoms with Crippen molar-refractivity contribution in [2.75, 3.05) is 13.2 Å². The van der Waals surface area contributed by atoms with Crippen LogP contribution in [-0.2, 0) is 28.6 Å². The van der Waals surface area contributed by atoms with E-state index in [1.54, 1.807) is 0 Å². The van der Waals surface area contributed by atoms with Gasteiger partial charge in [-0.25, -0.2) is 0 Å². The quantitative estimate of drug-likeness (QED) is 0.0261. The molecule has 0 bridgehead atoms. The number of unbranched alkanes of at least 4 members (excludes halogenated alkanes) is 42. The monoisotopic (exact) mass is 1090 g/mol. The van der Waals surface area contributed by atoms with Gasteiger partial charge >= 0.3 is 17.9 Å². The molecule has 0 aromatic heterocycles.